The molecule has 0 radical (unpaired) electrons. The van der Waals surface area contributed by atoms with Crippen LogP contribution in [-0.2, 0) is 26.7 Å². The Morgan fingerprint density at radius 1 is 1.00 bits per heavy atom. The maximum atomic E-state index is 13.5. The van der Waals surface area contributed by atoms with E-state index in [4.69, 9.17) is 23.2 Å². The molecule has 0 bridgehead atoms. The van der Waals surface area contributed by atoms with Crippen LogP contribution in [0.3, 0.4) is 0 Å². The van der Waals surface area contributed by atoms with Gasteiger partial charge in [-0.3, -0.25) is 9.10 Å². The van der Waals surface area contributed by atoms with Crippen molar-refractivity contribution in [1.29, 1.82) is 0 Å². The number of carbonyl (C=O) groups is 1. The first-order chi connectivity index (χ1) is 17.4. The molecule has 3 aromatic carbocycles. The number of nitrogens with one attached hydrogen (secondary N) is 1. The number of aryl methyl sites for hydroxylation is 1. The van der Waals surface area contributed by atoms with Crippen LogP contribution < -0.4 is 9.62 Å². The molecular weight excluding hydrogens is 568 g/mol. The molecule has 3 aromatic rings. The third-order valence-electron chi connectivity index (χ3n) is 5.22. The molecule has 0 unspecified atom stereocenters. The number of anilines is 1. The van der Waals surface area contributed by atoms with E-state index in [-0.39, 0.29) is 17.1 Å². The normalized spacial score (nSPS) is 11.8. The summed E-state index contributed by atoms with van der Waals surface area (Å²) >= 11 is 13.4. The van der Waals surface area contributed by atoms with E-state index in [9.17, 15) is 26.4 Å². The Hall–Kier alpha value is -2.40. The van der Waals surface area contributed by atoms with Gasteiger partial charge in [0.2, 0.25) is 5.91 Å². The smallest absolute Gasteiger partial charge is 0.354 e. The van der Waals surface area contributed by atoms with E-state index < -0.39 is 39.2 Å². The molecule has 0 aliphatic carbocycles. The van der Waals surface area contributed by atoms with Crippen molar-refractivity contribution in [3.63, 3.8) is 0 Å². The Morgan fingerprint density at radius 2 is 1.68 bits per heavy atom. The zero-order chi connectivity index (χ0) is 27.2. The number of thioether (sulfide) groups is 1. The number of benzene rings is 3. The number of rotatable bonds is 10. The van der Waals surface area contributed by atoms with Gasteiger partial charge in [0, 0.05) is 23.1 Å². The minimum atomic E-state index is -4.81. The van der Waals surface area contributed by atoms with E-state index in [2.05, 4.69) is 5.32 Å². The Bertz CT molecular complexity index is 1350. The highest BCUT2D eigenvalue weighted by atomic mass is 35.5. The second-order valence-electron chi connectivity index (χ2n) is 7.98. The molecule has 37 heavy (non-hydrogen) atoms. The fourth-order valence-corrected chi connectivity index (χ4v) is 6.07. The summed E-state index contributed by atoms with van der Waals surface area (Å²) < 4.78 is 67.8. The monoisotopic (exact) mass is 590 g/mol. The van der Waals surface area contributed by atoms with Gasteiger partial charge in [-0.25, -0.2) is 8.42 Å². The van der Waals surface area contributed by atoms with E-state index >= 15 is 0 Å². The number of halogens is 5. The van der Waals surface area contributed by atoms with Gasteiger partial charge in [0.25, 0.3) is 10.0 Å². The maximum absolute atomic E-state index is 13.5. The lowest BCUT2D eigenvalue weighted by atomic mass is 10.2. The molecule has 5 nitrogen and oxygen atoms in total. The molecule has 0 aliphatic heterocycles. The molecule has 0 aromatic heterocycles. The average Bonchev–Trinajstić information content (AvgIpc) is 2.83. The number of hydrogen-bond donors (Lipinski definition) is 1. The summed E-state index contributed by atoms with van der Waals surface area (Å²) in [6, 6.07) is 15.9. The molecule has 3 rings (SSSR count). The fourth-order valence-electron chi connectivity index (χ4n) is 3.28. The van der Waals surface area contributed by atoms with Gasteiger partial charge < -0.3 is 5.32 Å². The van der Waals surface area contributed by atoms with Crippen molar-refractivity contribution < 1.29 is 26.4 Å². The zero-order valence-corrected chi connectivity index (χ0v) is 22.7. The second-order valence-corrected chi connectivity index (χ2v) is 11.8. The van der Waals surface area contributed by atoms with E-state index in [0.29, 0.717) is 26.9 Å². The molecule has 0 saturated carbocycles. The average molecular weight is 592 g/mol. The summed E-state index contributed by atoms with van der Waals surface area (Å²) in [5.41, 5.74) is 0.204. The number of carbonyl (C=O) groups excluding carboxylic acids is 1. The third-order valence-corrected chi connectivity index (χ3v) is 8.72. The predicted octanol–water partition coefficient (Wildman–Crippen LogP) is 6.57. The molecule has 0 heterocycles. The van der Waals surface area contributed by atoms with Gasteiger partial charge in [-0.1, -0.05) is 59.1 Å². The SMILES string of the molecule is Cc1ccc(S(=O)(=O)N(CC(=O)NCCSCc2ccccc2Cl)c2ccc(Cl)c(C(F)(F)F)c2)cc1. The first-order valence-electron chi connectivity index (χ1n) is 10.9. The predicted molar refractivity (Wildman–Crippen MR) is 143 cm³/mol. The van der Waals surface area contributed by atoms with E-state index in [1.807, 2.05) is 18.2 Å². The Labute approximate surface area is 228 Å². The van der Waals surface area contributed by atoms with Crippen LogP contribution in [0.1, 0.15) is 16.7 Å². The Kier molecular flexibility index (Phi) is 9.80. The van der Waals surface area contributed by atoms with Crippen molar-refractivity contribution in [1.82, 2.24) is 5.32 Å². The van der Waals surface area contributed by atoms with Gasteiger partial charge in [0.1, 0.15) is 6.54 Å². The lowest BCUT2D eigenvalue weighted by Crippen LogP contribution is -2.41. The highest BCUT2D eigenvalue weighted by Crippen LogP contribution is 2.38. The van der Waals surface area contributed by atoms with Crippen LogP contribution >= 0.6 is 35.0 Å². The van der Waals surface area contributed by atoms with Crippen LogP contribution in [0.15, 0.2) is 71.6 Å². The summed E-state index contributed by atoms with van der Waals surface area (Å²) in [7, 11) is -4.37. The van der Waals surface area contributed by atoms with Crippen molar-refractivity contribution in [2.24, 2.45) is 0 Å². The quantitative estimate of drug-likeness (QED) is 0.271. The molecule has 0 spiro atoms. The second kappa shape index (κ2) is 12.4. The first-order valence-corrected chi connectivity index (χ1v) is 14.3. The first kappa shape index (κ1) is 29.2. The van der Waals surface area contributed by atoms with Crippen molar-refractivity contribution >= 4 is 56.6 Å². The molecule has 1 N–H and O–H groups in total. The van der Waals surface area contributed by atoms with Crippen LogP contribution in [0.4, 0.5) is 18.9 Å². The van der Waals surface area contributed by atoms with Crippen molar-refractivity contribution in [3.8, 4) is 0 Å². The van der Waals surface area contributed by atoms with E-state index in [0.717, 1.165) is 23.3 Å². The maximum Gasteiger partial charge on any atom is 0.417 e. The molecule has 1 amide bonds. The number of nitrogens with zero attached hydrogens (tertiary/aromatic N) is 1. The molecule has 198 valence electrons. The van der Waals surface area contributed by atoms with Gasteiger partial charge in [0.15, 0.2) is 0 Å². The molecule has 0 saturated heterocycles. The van der Waals surface area contributed by atoms with Gasteiger partial charge in [-0.15, -0.1) is 0 Å². The summed E-state index contributed by atoms with van der Waals surface area (Å²) in [5, 5.41) is 2.68. The van der Waals surface area contributed by atoms with Gasteiger partial charge in [-0.05, 0) is 48.9 Å². The lowest BCUT2D eigenvalue weighted by molar-refractivity contribution is -0.137. The fraction of sp³-hybridized carbons (Fsp3) is 0.240. The highest BCUT2D eigenvalue weighted by molar-refractivity contribution is 7.98. The summed E-state index contributed by atoms with van der Waals surface area (Å²) in [6.07, 6.45) is -4.81. The standard InChI is InChI=1S/C25H23Cl2F3N2O3S2/c1-17-6-9-20(10-7-17)37(34,35)32(19-8-11-23(27)21(14-19)25(28,29)30)15-24(33)31-12-13-36-16-18-4-2-3-5-22(18)26/h2-11,14H,12-13,15-16H2,1H3,(H,31,33). The largest absolute Gasteiger partial charge is 0.417 e. The summed E-state index contributed by atoms with van der Waals surface area (Å²) in [4.78, 5) is 12.5. The van der Waals surface area contributed by atoms with Crippen molar-refractivity contribution in [2.75, 3.05) is 23.1 Å². The Balaban J connectivity index is 1.77. The minimum absolute atomic E-state index is 0.162. The molecule has 0 atom stereocenters. The summed E-state index contributed by atoms with van der Waals surface area (Å²) in [6.45, 7) is 1.27. The van der Waals surface area contributed by atoms with Gasteiger partial charge in [-0.2, -0.15) is 24.9 Å². The molecule has 12 heteroatoms. The molecule has 0 fully saturated rings. The van der Waals surface area contributed by atoms with E-state index in [1.165, 1.54) is 23.9 Å². The number of hydrogen-bond acceptors (Lipinski definition) is 4. The van der Waals surface area contributed by atoms with Crippen LogP contribution in [-0.4, -0.2) is 33.2 Å². The van der Waals surface area contributed by atoms with Crippen LogP contribution in [0.5, 0.6) is 0 Å². The van der Waals surface area contributed by atoms with Crippen LogP contribution in [0.2, 0.25) is 10.0 Å². The minimum Gasteiger partial charge on any atom is -0.354 e. The summed E-state index contributed by atoms with van der Waals surface area (Å²) in [5.74, 6) is 0.465. The zero-order valence-electron chi connectivity index (χ0n) is 19.6. The van der Waals surface area contributed by atoms with E-state index in [1.54, 1.807) is 25.1 Å². The topological polar surface area (TPSA) is 66.5 Å². The number of sulfonamides is 1. The highest BCUT2D eigenvalue weighted by Gasteiger charge is 2.35. The van der Waals surface area contributed by atoms with Crippen molar-refractivity contribution in [3.05, 3.63) is 93.5 Å². The number of amides is 1. The van der Waals surface area contributed by atoms with Crippen LogP contribution in [0.25, 0.3) is 0 Å². The van der Waals surface area contributed by atoms with Crippen molar-refractivity contribution in [2.45, 2.75) is 23.7 Å². The van der Waals surface area contributed by atoms with Gasteiger partial charge in [0.05, 0.1) is 21.2 Å². The number of alkyl halides is 3. The molecule has 0 aliphatic rings. The lowest BCUT2D eigenvalue weighted by Gasteiger charge is -2.25. The molecular formula is C25H23Cl2F3N2O3S2. The van der Waals surface area contributed by atoms with Crippen LogP contribution in [0, 0.1) is 6.92 Å². The van der Waals surface area contributed by atoms with Gasteiger partial charge >= 0.3 is 6.18 Å². The third kappa shape index (κ3) is 7.80. The Morgan fingerprint density at radius 3 is 2.32 bits per heavy atom.